The molecule has 0 unspecified atom stereocenters. The first kappa shape index (κ1) is 52.1. The summed E-state index contributed by atoms with van der Waals surface area (Å²) in [7, 11) is 0. The Kier molecular flexibility index (Phi) is 10.7. The van der Waals surface area contributed by atoms with Gasteiger partial charge < -0.3 is 23.2 Å². The van der Waals surface area contributed by atoms with Crippen molar-refractivity contribution >= 4 is 121 Å². The average Bonchev–Trinajstić information content (AvgIpc) is 1.47. The standard InChI is InChI=1S/C79H47F6N3O2/c1-44-27-33-48(34-28-44)86(68-25-11-19-56-54-17-9-22-63(78(80,81)82)73(54)89-75(56)68)50-37-40-66-58(41-50)59-42-51(87(49-35-29-45(2)30-36-49)69-26-12-20-57-55-18-10-23-64(79(83,84)85)74(55)90-76(57)69)43-65-72(59)88(66)67-24-8-7-21-60(67)77(65)61-38-31-46-13-3-5-15-52(46)70(61)71-53-16-6-4-14-47(53)32-39-62(71)77/h3-43H,1-2H3. The summed E-state index contributed by atoms with van der Waals surface area (Å²) in [6.07, 6.45) is -9.36. The largest absolute Gasteiger partial charge is 0.453 e. The lowest BCUT2D eigenvalue weighted by atomic mass is 9.65. The zero-order valence-electron chi connectivity index (χ0n) is 48.1. The molecule has 0 amide bonds. The zero-order chi connectivity index (χ0) is 60.7. The van der Waals surface area contributed by atoms with E-state index in [0.29, 0.717) is 49.9 Å². The molecule has 0 radical (unpaired) electrons. The summed E-state index contributed by atoms with van der Waals surface area (Å²) in [6, 6.07) is 81.3. The van der Waals surface area contributed by atoms with Gasteiger partial charge in [0.1, 0.15) is 11.2 Å². The highest BCUT2D eigenvalue weighted by molar-refractivity contribution is 6.20. The van der Waals surface area contributed by atoms with Gasteiger partial charge in [0.2, 0.25) is 0 Å². The van der Waals surface area contributed by atoms with Gasteiger partial charge in [-0.2, -0.15) is 26.3 Å². The van der Waals surface area contributed by atoms with Gasteiger partial charge in [0.05, 0.1) is 44.6 Å². The molecule has 13 aromatic carbocycles. The summed E-state index contributed by atoms with van der Waals surface area (Å²) in [4.78, 5) is 4.16. The Bertz CT molecular complexity index is 5670. The van der Waals surface area contributed by atoms with Crippen molar-refractivity contribution in [3.8, 4) is 16.8 Å². The van der Waals surface area contributed by atoms with Gasteiger partial charge in [-0.25, -0.2) is 0 Å². The summed E-state index contributed by atoms with van der Waals surface area (Å²) in [5, 5.41) is 7.94. The minimum Gasteiger partial charge on any atom is -0.453 e. The first-order chi connectivity index (χ1) is 43.7. The quantitative estimate of drug-likeness (QED) is 0.156. The summed E-state index contributed by atoms with van der Waals surface area (Å²) in [6.45, 7) is 4.03. The first-order valence-corrected chi connectivity index (χ1v) is 29.8. The zero-order valence-corrected chi connectivity index (χ0v) is 48.1. The number of furan rings is 2. The van der Waals surface area contributed by atoms with Gasteiger partial charge in [0.25, 0.3) is 0 Å². The molecule has 5 nitrogen and oxygen atoms in total. The molecule has 18 rings (SSSR count). The van der Waals surface area contributed by atoms with Crippen LogP contribution in [0.4, 0.5) is 60.5 Å². The lowest BCUT2D eigenvalue weighted by molar-refractivity contribution is -0.137. The van der Waals surface area contributed by atoms with Crippen LogP contribution in [0.2, 0.25) is 0 Å². The maximum Gasteiger partial charge on any atom is 0.420 e. The van der Waals surface area contributed by atoms with Crippen LogP contribution in [-0.4, -0.2) is 4.57 Å². The summed E-state index contributed by atoms with van der Waals surface area (Å²) in [5.74, 6) is 0. The van der Waals surface area contributed by atoms with E-state index in [9.17, 15) is 13.2 Å². The number of alkyl halides is 6. The van der Waals surface area contributed by atoms with E-state index in [1.54, 1.807) is 18.2 Å². The number of nitrogens with zero attached hydrogens (tertiary/aromatic N) is 3. The van der Waals surface area contributed by atoms with E-state index in [2.05, 4.69) is 142 Å². The third-order valence-corrected chi connectivity index (χ3v) is 18.9. The lowest BCUT2D eigenvalue weighted by Gasteiger charge is -2.40. The molecule has 16 aromatic rings. The molecule has 0 fully saturated rings. The predicted octanol–water partition coefficient (Wildman–Crippen LogP) is 23.2. The Balaban J connectivity index is 0.998. The smallest absolute Gasteiger partial charge is 0.420 e. The van der Waals surface area contributed by atoms with Gasteiger partial charge in [-0.3, -0.25) is 0 Å². The van der Waals surface area contributed by atoms with E-state index in [4.69, 9.17) is 8.83 Å². The van der Waals surface area contributed by atoms with Crippen molar-refractivity contribution in [3.05, 3.63) is 293 Å². The van der Waals surface area contributed by atoms with Gasteiger partial charge in [0, 0.05) is 55.1 Å². The van der Waals surface area contributed by atoms with Crippen LogP contribution in [0, 0.1) is 13.8 Å². The van der Waals surface area contributed by atoms with Crippen LogP contribution in [0.3, 0.4) is 0 Å². The second-order valence-corrected chi connectivity index (χ2v) is 23.8. The number of aromatic nitrogens is 1. The molecule has 2 aliphatic rings. The molecule has 90 heavy (non-hydrogen) atoms. The number of para-hydroxylation sites is 5. The molecule has 432 valence electrons. The number of benzene rings is 13. The Morgan fingerprint density at radius 1 is 0.344 bits per heavy atom. The summed E-state index contributed by atoms with van der Waals surface area (Å²) < 4.78 is 105. The molecule has 0 bridgehead atoms. The van der Waals surface area contributed by atoms with Crippen LogP contribution in [0.5, 0.6) is 0 Å². The van der Waals surface area contributed by atoms with Crippen LogP contribution in [0.1, 0.15) is 44.5 Å². The van der Waals surface area contributed by atoms with Crippen molar-refractivity contribution in [1.29, 1.82) is 0 Å². The maximum absolute atomic E-state index is 15.0. The molecule has 11 heteroatoms. The number of hydrogen-bond donors (Lipinski definition) is 0. The van der Waals surface area contributed by atoms with E-state index in [1.165, 1.54) is 12.1 Å². The molecule has 0 saturated heterocycles. The normalized spacial score (nSPS) is 13.4. The molecular formula is C79H47F6N3O2. The van der Waals surface area contributed by atoms with E-state index in [1.807, 2.05) is 92.7 Å². The number of halogens is 6. The van der Waals surface area contributed by atoms with Gasteiger partial charge in [-0.05, 0) is 154 Å². The molecule has 0 atom stereocenters. The van der Waals surface area contributed by atoms with Crippen LogP contribution in [0.15, 0.2) is 258 Å². The Morgan fingerprint density at radius 3 is 1.32 bits per heavy atom. The van der Waals surface area contributed by atoms with Gasteiger partial charge in [-0.15, -0.1) is 0 Å². The fraction of sp³-hybridized carbons (Fsp3) is 0.0633. The molecule has 0 N–H and O–H groups in total. The number of rotatable bonds is 6. The number of aryl methyl sites for hydroxylation is 2. The fourth-order valence-electron chi connectivity index (χ4n) is 15.1. The SMILES string of the molecule is Cc1ccc(N(c2ccc3c(c2)c2cc(N(c4ccc(C)cc4)c4cccc5c4oc4c(C(F)(F)F)cccc45)cc4c2n3-c2ccccc2C42c3ccc4ccccc4c3-c3c2ccc2ccccc32)c2cccc3c2oc2c(C(F)(F)F)cccc23)cc1. The first-order valence-electron chi connectivity index (χ1n) is 29.8. The van der Waals surface area contributed by atoms with Crippen molar-refractivity contribution in [1.82, 2.24) is 4.57 Å². The minimum absolute atomic E-state index is 0.241. The second kappa shape index (κ2) is 18.5. The molecule has 0 saturated carbocycles. The summed E-state index contributed by atoms with van der Waals surface area (Å²) >= 11 is 0. The molecule has 3 aromatic heterocycles. The molecule has 1 spiro atoms. The third-order valence-electron chi connectivity index (χ3n) is 18.9. The van der Waals surface area contributed by atoms with Crippen LogP contribution in [0.25, 0.3) is 104 Å². The Morgan fingerprint density at radius 2 is 0.789 bits per heavy atom. The van der Waals surface area contributed by atoms with Gasteiger partial charge in [-0.1, -0.05) is 175 Å². The fourth-order valence-corrected chi connectivity index (χ4v) is 15.1. The Hall–Kier alpha value is -11.0. The van der Waals surface area contributed by atoms with Crippen LogP contribution < -0.4 is 9.80 Å². The van der Waals surface area contributed by atoms with Crippen molar-refractivity contribution in [3.63, 3.8) is 0 Å². The van der Waals surface area contributed by atoms with Gasteiger partial charge >= 0.3 is 12.4 Å². The van der Waals surface area contributed by atoms with Crippen molar-refractivity contribution < 1.29 is 35.2 Å². The highest BCUT2D eigenvalue weighted by atomic mass is 19.4. The molecule has 1 aliphatic carbocycles. The van der Waals surface area contributed by atoms with E-state index >= 15 is 13.2 Å². The maximum atomic E-state index is 15.0. The number of hydrogen-bond acceptors (Lipinski definition) is 4. The number of anilines is 6. The van der Waals surface area contributed by atoms with Crippen LogP contribution in [-0.2, 0) is 17.8 Å². The minimum atomic E-state index is -4.69. The Labute approximate surface area is 510 Å². The van der Waals surface area contributed by atoms with Crippen molar-refractivity contribution in [2.75, 3.05) is 9.80 Å². The molecule has 4 heterocycles. The summed E-state index contributed by atoms with van der Waals surface area (Å²) in [5.41, 5.74) is 12.8. The van der Waals surface area contributed by atoms with Crippen molar-refractivity contribution in [2.24, 2.45) is 0 Å². The van der Waals surface area contributed by atoms with Gasteiger partial charge in [0.15, 0.2) is 11.2 Å². The second-order valence-electron chi connectivity index (χ2n) is 23.8. The van der Waals surface area contributed by atoms with Crippen LogP contribution >= 0.6 is 0 Å². The number of fused-ring (bicyclic) bond motifs is 22. The predicted molar refractivity (Wildman–Crippen MR) is 350 cm³/mol. The highest BCUT2D eigenvalue weighted by Crippen LogP contribution is 2.64. The van der Waals surface area contributed by atoms with E-state index in [-0.39, 0.29) is 16.7 Å². The van der Waals surface area contributed by atoms with E-state index < -0.39 is 28.9 Å². The van der Waals surface area contributed by atoms with Crippen molar-refractivity contribution in [2.45, 2.75) is 31.6 Å². The molecular weight excluding hydrogens is 1140 g/mol. The third kappa shape index (κ3) is 7.16. The highest BCUT2D eigenvalue weighted by Gasteiger charge is 2.52. The average molecular weight is 1180 g/mol. The molecule has 1 aliphatic heterocycles. The topological polar surface area (TPSA) is 37.7 Å². The monoisotopic (exact) mass is 1180 g/mol. The van der Waals surface area contributed by atoms with E-state index in [0.717, 1.165) is 117 Å². The lowest BCUT2D eigenvalue weighted by Crippen LogP contribution is -2.33.